The van der Waals surface area contributed by atoms with E-state index in [-0.39, 0.29) is 17.0 Å². The fourth-order valence-corrected chi connectivity index (χ4v) is 3.68. The molecule has 0 unspecified atom stereocenters. The highest BCUT2D eigenvalue weighted by Crippen LogP contribution is 2.24. The molecular weight excluding hydrogens is 321 g/mol. The Labute approximate surface area is 126 Å². The topological polar surface area (TPSA) is 81.4 Å². The van der Waals surface area contributed by atoms with E-state index in [0.717, 1.165) is 12.1 Å². The van der Waals surface area contributed by atoms with Crippen LogP contribution < -0.4 is 15.2 Å². The lowest BCUT2D eigenvalue weighted by atomic mass is 9.93. The maximum Gasteiger partial charge on any atom is 0.387 e. The summed E-state index contributed by atoms with van der Waals surface area (Å²) in [4.78, 5) is -0.332. The van der Waals surface area contributed by atoms with Crippen LogP contribution in [0.15, 0.2) is 23.1 Å². The Morgan fingerprint density at radius 2 is 1.86 bits per heavy atom. The number of nitrogens with one attached hydrogen (secondary N) is 1. The second-order valence-corrected chi connectivity index (χ2v) is 6.92. The number of sulfonamides is 1. The van der Waals surface area contributed by atoms with Crippen LogP contribution in [0.25, 0.3) is 0 Å². The summed E-state index contributed by atoms with van der Waals surface area (Å²) < 4.78 is 68.5. The Bertz CT molecular complexity index is 617. The van der Waals surface area contributed by atoms with Crippen molar-refractivity contribution in [1.29, 1.82) is 0 Å². The summed E-state index contributed by atoms with van der Waals surface area (Å²) in [6, 6.07) is 2.37. The zero-order valence-electron chi connectivity index (χ0n) is 11.6. The Morgan fingerprint density at radius 1 is 1.23 bits per heavy atom. The molecule has 2 rings (SSSR count). The van der Waals surface area contributed by atoms with Gasteiger partial charge in [-0.15, -0.1) is 0 Å². The van der Waals surface area contributed by atoms with Gasteiger partial charge in [-0.2, -0.15) is 8.78 Å². The Hall–Kier alpha value is -1.32. The van der Waals surface area contributed by atoms with Gasteiger partial charge in [0.2, 0.25) is 10.0 Å². The van der Waals surface area contributed by atoms with Gasteiger partial charge in [0, 0.05) is 12.1 Å². The smallest absolute Gasteiger partial charge is 0.387 e. The minimum atomic E-state index is -3.92. The highest BCUT2D eigenvalue weighted by Gasteiger charge is 2.25. The molecule has 1 aliphatic carbocycles. The molecule has 22 heavy (non-hydrogen) atoms. The van der Waals surface area contributed by atoms with Crippen LogP contribution in [0.2, 0.25) is 0 Å². The maximum atomic E-state index is 13.6. The van der Waals surface area contributed by atoms with Gasteiger partial charge in [0.25, 0.3) is 0 Å². The number of nitrogens with two attached hydrogens (primary N) is 1. The zero-order valence-corrected chi connectivity index (χ0v) is 12.5. The summed E-state index contributed by atoms with van der Waals surface area (Å²) in [6.45, 7) is -3.18. The number of alkyl halides is 2. The third kappa shape index (κ3) is 4.34. The number of hydrogen-bond donors (Lipinski definition) is 2. The molecule has 0 saturated heterocycles. The molecule has 0 atom stereocenters. The van der Waals surface area contributed by atoms with E-state index < -0.39 is 28.2 Å². The van der Waals surface area contributed by atoms with E-state index in [2.05, 4.69) is 9.46 Å². The summed E-state index contributed by atoms with van der Waals surface area (Å²) in [5.74, 6) is -1.86. The van der Waals surface area contributed by atoms with E-state index in [1.807, 2.05) is 0 Å². The van der Waals surface area contributed by atoms with E-state index in [4.69, 9.17) is 5.73 Å². The molecule has 124 valence electrons. The minimum Gasteiger partial charge on any atom is -0.432 e. The lowest BCUT2D eigenvalue weighted by molar-refractivity contribution is -0.0522. The fraction of sp³-hybridized carbons (Fsp3) is 0.538. The van der Waals surface area contributed by atoms with Gasteiger partial charge in [-0.3, -0.25) is 0 Å². The first-order chi connectivity index (χ1) is 10.3. The molecule has 3 N–H and O–H groups in total. The van der Waals surface area contributed by atoms with Crippen LogP contribution in [0.3, 0.4) is 0 Å². The third-order valence-corrected chi connectivity index (χ3v) is 5.04. The lowest BCUT2D eigenvalue weighted by Crippen LogP contribution is -2.40. The molecule has 1 aromatic carbocycles. The van der Waals surface area contributed by atoms with Crippen molar-refractivity contribution in [1.82, 2.24) is 4.72 Å². The highest BCUT2D eigenvalue weighted by atomic mass is 32.2. The molecule has 0 radical (unpaired) electrons. The van der Waals surface area contributed by atoms with Crippen molar-refractivity contribution in [2.45, 2.75) is 49.3 Å². The SMILES string of the molecule is NC1CCC(NS(=O)(=O)c2ccc(OC(F)F)c(F)c2)CC1. The Kier molecular flexibility index (Phi) is 5.30. The fourth-order valence-electron chi connectivity index (χ4n) is 2.36. The van der Waals surface area contributed by atoms with Crippen molar-refractivity contribution in [3.63, 3.8) is 0 Å². The van der Waals surface area contributed by atoms with Crippen LogP contribution in [0.5, 0.6) is 5.75 Å². The third-order valence-electron chi connectivity index (χ3n) is 3.52. The average Bonchev–Trinajstić information content (AvgIpc) is 2.43. The summed E-state index contributed by atoms with van der Waals surface area (Å²) in [6.07, 6.45) is 2.64. The van der Waals surface area contributed by atoms with Gasteiger partial charge in [-0.25, -0.2) is 17.5 Å². The molecule has 1 fully saturated rings. The number of rotatable bonds is 5. The van der Waals surface area contributed by atoms with Crippen LogP contribution in [0, 0.1) is 5.82 Å². The van der Waals surface area contributed by atoms with Crippen molar-refractivity contribution in [3.05, 3.63) is 24.0 Å². The van der Waals surface area contributed by atoms with Crippen LogP contribution >= 0.6 is 0 Å². The largest absolute Gasteiger partial charge is 0.432 e. The molecule has 1 saturated carbocycles. The van der Waals surface area contributed by atoms with Crippen molar-refractivity contribution >= 4 is 10.0 Å². The molecule has 5 nitrogen and oxygen atoms in total. The van der Waals surface area contributed by atoms with Gasteiger partial charge in [0.05, 0.1) is 4.90 Å². The quantitative estimate of drug-likeness (QED) is 0.860. The van der Waals surface area contributed by atoms with Crippen molar-refractivity contribution in [2.24, 2.45) is 5.73 Å². The van der Waals surface area contributed by atoms with Gasteiger partial charge in [0.1, 0.15) is 0 Å². The zero-order chi connectivity index (χ0) is 16.3. The van der Waals surface area contributed by atoms with Crippen molar-refractivity contribution < 1.29 is 26.3 Å². The van der Waals surface area contributed by atoms with E-state index in [1.165, 1.54) is 0 Å². The monoisotopic (exact) mass is 338 g/mol. The Balaban J connectivity index is 2.10. The van der Waals surface area contributed by atoms with Crippen LogP contribution in [-0.4, -0.2) is 27.1 Å². The maximum absolute atomic E-state index is 13.6. The number of benzene rings is 1. The summed E-state index contributed by atoms with van der Waals surface area (Å²) >= 11 is 0. The average molecular weight is 338 g/mol. The first kappa shape index (κ1) is 17.0. The van der Waals surface area contributed by atoms with Crippen molar-refractivity contribution in [2.75, 3.05) is 0 Å². The Morgan fingerprint density at radius 3 is 2.41 bits per heavy atom. The molecule has 0 bridgehead atoms. The van der Waals surface area contributed by atoms with Crippen LogP contribution in [0.4, 0.5) is 13.2 Å². The van der Waals surface area contributed by atoms with Gasteiger partial charge < -0.3 is 10.5 Å². The number of halogens is 3. The highest BCUT2D eigenvalue weighted by molar-refractivity contribution is 7.89. The molecule has 0 aromatic heterocycles. The van der Waals surface area contributed by atoms with Crippen LogP contribution in [-0.2, 0) is 10.0 Å². The molecule has 9 heteroatoms. The van der Waals surface area contributed by atoms with E-state index in [9.17, 15) is 21.6 Å². The molecule has 1 aromatic rings. The van der Waals surface area contributed by atoms with E-state index >= 15 is 0 Å². The van der Waals surface area contributed by atoms with Gasteiger partial charge in [-0.05, 0) is 43.9 Å². The normalized spacial score (nSPS) is 22.8. The summed E-state index contributed by atoms with van der Waals surface area (Å²) in [7, 11) is -3.92. The summed E-state index contributed by atoms with van der Waals surface area (Å²) in [5, 5.41) is 0. The molecule has 0 amide bonds. The lowest BCUT2D eigenvalue weighted by Gasteiger charge is -2.26. The second kappa shape index (κ2) is 6.84. The predicted molar refractivity (Wildman–Crippen MR) is 73.6 cm³/mol. The first-order valence-electron chi connectivity index (χ1n) is 6.80. The molecular formula is C13H17F3N2O3S. The summed E-state index contributed by atoms with van der Waals surface area (Å²) in [5.41, 5.74) is 5.75. The van der Waals surface area contributed by atoms with Gasteiger partial charge >= 0.3 is 6.61 Å². The first-order valence-corrected chi connectivity index (χ1v) is 8.28. The molecule has 0 spiro atoms. The van der Waals surface area contributed by atoms with Gasteiger partial charge in [0.15, 0.2) is 11.6 Å². The van der Waals surface area contributed by atoms with Crippen LogP contribution in [0.1, 0.15) is 25.7 Å². The van der Waals surface area contributed by atoms with Gasteiger partial charge in [-0.1, -0.05) is 0 Å². The molecule has 0 heterocycles. The van der Waals surface area contributed by atoms with E-state index in [0.29, 0.717) is 31.7 Å². The standard InChI is InChI=1S/C13H17F3N2O3S/c14-11-7-10(5-6-12(11)21-13(15)16)22(19,20)18-9-3-1-8(17)2-4-9/h5-9,13,18H,1-4,17H2. The number of ether oxygens (including phenoxy) is 1. The second-order valence-electron chi connectivity index (χ2n) is 5.20. The number of hydrogen-bond acceptors (Lipinski definition) is 4. The molecule has 1 aliphatic rings. The molecule has 0 aliphatic heterocycles. The van der Waals surface area contributed by atoms with Crippen molar-refractivity contribution in [3.8, 4) is 5.75 Å². The van der Waals surface area contributed by atoms with E-state index in [1.54, 1.807) is 0 Å². The minimum absolute atomic E-state index is 0.0731. The predicted octanol–water partition coefficient (Wildman–Crippen LogP) is 1.98.